The SMILES string of the molecule is CCc1nn(CC)c(COc2c(C)ccc(N)c2C)c1Cl. The van der Waals surface area contributed by atoms with Gasteiger partial charge in [0.25, 0.3) is 0 Å². The van der Waals surface area contributed by atoms with Crippen molar-refractivity contribution in [3.05, 3.63) is 39.7 Å². The van der Waals surface area contributed by atoms with Gasteiger partial charge in [-0.05, 0) is 38.8 Å². The molecule has 0 unspecified atom stereocenters. The van der Waals surface area contributed by atoms with Crippen molar-refractivity contribution in [3.63, 3.8) is 0 Å². The summed E-state index contributed by atoms with van der Waals surface area (Å²) in [5.74, 6) is 0.827. The molecule has 0 bridgehead atoms. The lowest BCUT2D eigenvalue weighted by molar-refractivity contribution is 0.289. The van der Waals surface area contributed by atoms with Crippen LogP contribution in [-0.4, -0.2) is 9.78 Å². The summed E-state index contributed by atoms with van der Waals surface area (Å²) in [5, 5.41) is 5.21. The van der Waals surface area contributed by atoms with Crippen LogP contribution in [0.25, 0.3) is 0 Å². The Kier molecular flexibility index (Phi) is 4.78. The van der Waals surface area contributed by atoms with E-state index in [1.165, 1.54) is 0 Å². The molecule has 0 radical (unpaired) electrons. The maximum atomic E-state index is 6.40. The van der Waals surface area contributed by atoms with Crippen LogP contribution in [0.3, 0.4) is 0 Å². The number of rotatable bonds is 5. The standard InChI is InChI=1S/C16H22ClN3O/c1-5-13-15(17)14(20(6-2)19-13)9-21-16-10(3)7-8-12(18)11(16)4/h7-8H,5-6,9,18H2,1-4H3. The molecule has 0 aliphatic heterocycles. The number of nitrogen functional groups attached to an aromatic ring is 1. The van der Waals surface area contributed by atoms with Crippen molar-refractivity contribution in [2.24, 2.45) is 0 Å². The Morgan fingerprint density at radius 3 is 2.62 bits per heavy atom. The van der Waals surface area contributed by atoms with E-state index in [-0.39, 0.29) is 0 Å². The van der Waals surface area contributed by atoms with E-state index in [9.17, 15) is 0 Å². The van der Waals surface area contributed by atoms with E-state index in [4.69, 9.17) is 22.1 Å². The predicted molar refractivity (Wildman–Crippen MR) is 86.9 cm³/mol. The predicted octanol–water partition coefficient (Wildman–Crippen LogP) is 3.90. The third-order valence-corrected chi connectivity index (χ3v) is 4.13. The highest BCUT2D eigenvalue weighted by molar-refractivity contribution is 6.31. The maximum Gasteiger partial charge on any atom is 0.131 e. The Morgan fingerprint density at radius 1 is 1.29 bits per heavy atom. The number of nitrogens with two attached hydrogens (primary N) is 1. The smallest absolute Gasteiger partial charge is 0.131 e. The molecule has 4 nitrogen and oxygen atoms in total. The van der Waals surface area contributed by atoms with Crippen LogP contribution in [-0.2, 0) is 19.6 Å². The van der Waals surface area contributed by atoms with Gasteiger partial charge in [0.1, 0.15) is 12.4 Å². The molecule has 0 saturated heterocycles. The number of ether oxygens (including phenoxy) is 1. The highest BCUT2D eigenvalue weighted by Crippen LogP contribution is 2.30. The number of nitrogens with zero attached hydrogens (tertiary/aromatic N) is 2. The first-order valence-corrected chi connectivity index (χ1v) is 7.59. The molecule has 0 atom stereocenters. The molecule has 0 amide bonds. The molecule has 1 aromatic heterocycles. The number of aromatic nitrogens is 2. The first-order chi connectivity index (χ1) is 9.99. The summed E-state index contributed by atoms with van der Waals surface area (Å²) in [4.78, 5) is 0. The summed E-state index contributed by atoms with van der Waals surface area (Å²) in [6.07, 6.45) is 0.815. The number of halogens is 1. The molecule has 0 fully saturated rings. The number of aryl methyl sites for hydroxylation is 3. The highest BCUT2D eigenvalue weighted by Gasteiger charge is 2.16. The molecule has 1 heterocycles. The van der Waals surface area contributed by atoms with Crippen molar-refractivity contribution in [2.75, 3.05) is 5.73 Å². The zero-order chi connectivity index (χ0) is 15.6. The Morgan fingerprint density at radius 2 is 2.00 bits per heavy atom. The third kappa shape index (κ3) is 3.00. The highest BCUT2D eigenvalue weighted by atomic mass is 35.5. The molecule has 2 N–H and O–H groups in total. The van der Waals surface area contributed by atoms with Gasteiger partial charge in [-0.1, -0.05) is 24.6 Å². The molecule has 21 heavy (non-hydrogen) atoms. The van der Waals surface area contributed by atoms with Crippen LogP contribution in [0.15, 0.2) is 12.1 Å². The summed E-state index contributed by atoms with van der Waals surface area (Å²) in [7, 11) is 0. The van der Waals surface area contributed by atoms with Gasteiger partial charge >= 0.3 is 0 Å². The molecule has 1 aromatic carbocycles. The Hall–Kier alpha value is -1.68. The molecular weight excluding hydrogens is 286 g/mol. The average Bonchev–Trinajstić information content (AvgIpc) is 2.79. The van der Waals surface area contributed by atoms with E-state index in [1.807, 2.05) is 44.5 Å². The van der Waals surface area contributed by atoms with Crippen molar-refractivity contribution >= 4 is 17.3 Å². The summed E-state index contributed by atoms with van der Waals surface area (Å²) in [6.45, 7) is 9.23. The van der Waals surface area contributed by atoms with Crippen LogP contribution in [0.4, 0.5) is 5.69 Å². The van der Waals surface area contributed by atoms with E-state index in [2.05, 4.69) is 5.10 Å². The van der Waals surface area contributed by atoms with Crippen LogP contribution in [0.1, 0.15) is 36.4 Å². The van der Waals surface area contributed by atoms with Gasteiger partial charge < -0.3 is 10.5 Å². The lowest BCUT2D eigenvalue weighted by Crippen LogP contribution is -2.08. The van der Waals surface area contributed by atoms with E-state index in [0.29, 0.717) is 11.6 Å². The van der Waals surface area contributed by atoms with Gasteiger partial charge in [0, 0.05) is 17.8 Å². The lowest BCUT2D eigenvalue weighted by Gasteiger charge is -2.14. The molecule has 0 spiro atoms. The topological polar surface area (TPSA) is 53.1 Å². The fourth-order valence-electron chi connectivity index (χ4n) is 2.36. The minimum absolute atomic E-state index is 0.394. The molecule has 0 aliphatic carbocycles. The Labute approximate surface area is 130 Å². The second-order valence-electron chi connectivity index (χ2n) is 5.09. The minimum Gasteiger partial charge on any atom is -0.487 e. The largest absolute Gasteiger partial charge is 0.487 e. The maximum absolute atomic E-state index is 6.40. The van der Waals surface area contributed by atoms with Crippen molar-refractivity contribution in [3.8, 4) is 5.75 Å². The molecule has 2 aromatic rings. The molecular formula is C16H22ClN3O. The number of hydrogen-bond donors (Lipinski definition) is 1. The quantitative estimate of drug-likeness (QED) is 0.852. The van der Waals surface area contributed by atoms with Gasteiger partial charge in [-0.3, -0.25) is 4.68 Å². The van der Waals surface area contributed by atoms with Gasteiger partial charge in [-0.25, -0.2) is 0 Å². The molecule has 0 saturated carbocycles. The fourth-order valence-corrected chi connectivity index (χ4v) is 2.68. The first kappa shape index (κ1) is 15.7. The Balaban J connectivity index is 2.29. The summed E-state index contributed by atoms with van der Waals surface area (Å²) < 4.78 is 7.89. The molecule has 5 heteroatoms. The van der Waals surface area contributed by atoms with Crippen molar-refractivity contribution in [2.45, 2.75) is 47.3 Å². The first-order valence-electron chi connectivity index (χ1n) is 7.22. The lowest BCUT2D eigenvalue weighted by atomic mass is 10.1. The van der Waals surface area contributed by atoms with Gasteiger partial charge in [-0.15, -0.1) is 0 Å². The molecule has 0 aliphatic rings. The molecule has 114 valence electrons. The van der Waals surface area contributed by atoms with Crippen LogP contribution in [0.2, 0.25) is 5.02 Å². The van der Waals surface area contributed by atoms with E-state index < -0.39 is 0 Å². The van der Waals surface area contributed by atoms with Crippen LogP contribution >= 0.6 is 11.6 Å². The van der Waals surface area contributed by atoms with Crippen LogP contribution in [0, 0.1) is 13.8 Å². The molecule has 2 rings (SSSR count). The van der Waals surface area contributed by atoms with Crippen LogP contribution < -0.4 is 10.5 Å². The minimum atomic E-state index is 0.394. The van der Waals surface area contributed by atoms with E-state index >= 15 is 0 Å². The second-order valence-corrected chi connectivity index (χ2v) is 5.47. The summed E-state index contributed by atoms with van der Waals surface area (Å²) in [6, 6.07) is 3.86. The average molecular weight is 308 g/mol. The summed E-state index contributed by atoms with van der Waals surface area (Å²) in [5.41, 5.74) is 10.5. The van der Waals surface area contributed by atoms with Gasteiger partial charge in [-0.2, -0.15) is 5.10 Å². The Bertz CT molecular complexity index is 649. The number of anilines is 1. The second kappa shape index (κ2) is 6.39. The zero-order valence-electron chi connectivity index (χ0n) is 13.0. The monoisotopic (exact) mass is 307 g/mol. The van der Waals surface area contributed by atoms with E-state index in [1.54, 1.807) is 0 Å². The van der Waals surface area contributed by atoms with Crippen molar-refractivity contribution in [1.29, 1.82) is 0 Å². The van der Waals surface area contributed by atoms with Gasteiger partial charge in [0.05, 0.1) is 16.4 Å². The van der Waals surface area contributed by atoms with Gasteiger partial charge in [0.15, 0.2) is 0 Å². The van der Waals surface area contributed by atoms with Crippen molar-refractivity contribution < 1.29 is 4.74 Å². The van der Waals surface area contributed by atoms with Crippen molar-refractivity contribution in [1.82, 2.24) is 9.78 Å². The number of benzene rings is 1. The normalized spacial score (nSPS) is 10.9. The van der Waals surface area contributed by atoms with Crippen LogP contribution in [0.5, 0.6) is 5.75 Å². The van der Waals surface area contributed by atoms with E-state index in [0.717, 1.165) is 46.9 Å². The summed E-state index contributed by atoms with van der Waals surface area (Å²) >= 11 is 6.40. The fraction of sp³-hybridized carbons (Fsp3) is 0.438. The third-order valence-electron chi connectivity index (χ3n) is 3.69. The number of hydrogen-bond acceptors (Lipinski definition) is 3. The zero-order valence-corrected chi connectivity index (χ0v) is 13.8. The van der Waals surface area contributed by atoms with Gasteiger partial charge in [0.2, 0.25) is 0 Å².